The molecule has 3 aliphatic rings. The van der Waals surface area contributed by atoms with Crippen molar-refractivity contribution in [1.82, 2.24) is 0 Å². The van der Waals surface area contributed by atoms with Gasteiger partial charge in [0.1, 0.15) is 11.5 Å². The Kier molecular flexibility index (Phi) is 5.15. The van der Waals surface area contributed by atoms with Crippen molar-refractivity contribution < 1.29 is 19.1 Å². The van der Waals surface area contributed by atoms with Crippen molar-refractivity contribution in [2.45, 2.75) is 6.42 Å². The number of benzene rings is 3. The van der Waals surface area contributed by atoms with Gasteiger partial charge in [-0.3, -0.25) is 19.3 Å². The van der Waals surface area contributed by atoms with E-state index in [9.17, 15) is 14.4 Å². The molecule has 1 saturated heterocycles. The lowest BCUT2D eigenvalue weighted by atomic mass is 9.85. The lowest BCUT2D eigenvalue weighted by Gasteiger charge is -2.17. The molecule has 36 heavy (non-hydrogen) atoms. The molecule has 7 nitrogen and oxygen atoms in total. The highest BCUT2D eigenvalue weighted by Crippen LogP contribution is 2.53. The summed E-state index contributed by atoms with van der Waals surface area (Å²) in [7, 11) is 0. The molecule has 3 aromatic rings. The third kappa shape index (κ3) is 3.64. The normalized spacial score (nSPS) is 23.5. The van der Waals surface area contributed by atoms with Gasteiger partial charge in [0, 0.05) is 11.3 Å². The summed E-state index contributed by atoms with van der Waals surface area (Å²) < 4.78 is 5.76. The van der Waals surface area contributed by atoms with E-state index in [-0.39, 0.29) is 41.4 Å². The summed E-state index contributed by atoms with van der Waals surface area (Å²) in [5.41, 5.74) is 2.06. The summed E-state index contributed by atoms with van der Waals surface area (Å²) in [5.74, 6) is 0.438. The fourth-order valence-electron chi connectivity index (χ4n) is 5.46. The van der Waals surface area contributed by atoms with Crippen LogP contribution >= 0.6 is 0 Å². The summed E-state index contributed by atoms with van der Waals surface area (Å²) in [6.07, 6.45) is 5.03. The van der Waals surface area contributed by atoms with Crippen molar-refractivity contribution in [3.63, 3.8) is 0 Å². The van der Waals surface area contributed by atoms with Gasteiger partial charge in [0.15, 0.2) is 0 Å². The molecule has 3 amide bonds. The van der Waals surface area contributed by atoms with Gasteiger partial charge in [-0.2, -0.15) is 5.26 Å². The minimum atomic E-state index is -0.305. The Hall–Kier alpha value is -4.70. The number of ether oxygens (including phenoxy) is 1. The second-order valence-electron chi connectivity index (χ2n) is 9.28. The third-order valence-electron chi connectivity index (χ3n) is 7.19. The van der Waals surface area contributed by atoms with Crippen LogP contribution in [-0.4, -0.2) is 17.7 Å². The molecule has 1 heterocycles. The highest BCUT2D eigenvalue weighted by molar-refractivity contribution is 6.23. The Balaban J connectivity index is 1.10. The highest BCUT2D eigenvalue weighted by Gasteiger charge is 2.59. The topological polar surface area (TPSA) is 99.5 Å². The zero-order valence-corrected chi connectivity index (χ0v) is 19.1. The number of rotatable bonds is 5. The molecule has 2 fully saturated rings. The van der Waals surface area contributed by atoms with Gasteiger partial charge in [-0.05, 0) is 91.1 Å². The van der Waals surface area contributed by atoms with E-state index < -0.39 is 0 Å². The van der Waals surface area contributed by atoms with Crippen LogP contribution < -0.4 is 15.0 Å². The molecular weight excluding hydrogens is 454 g/mol. The summed E-state index contributed by atoms with van der Waals surface area (Å²) in [5, 5.41) is 11.7. The number of allylic oxidation sites excluding steroid dienone is 2. The Morgan fingerprint density at radius 3 is 1.94 bits per heavy atom. The fraction of sp³-hybridized carbons (Fsp3) is 0.172. The SMILES string of the molecule is N#Cc1ccc(Oc2ccc(NC(=O)c3ccc(N4C(=O)[C@H]5[C@H](C4=O)[C@H]4C=C[C@H]5C4)cc3)cc2)cc1. The smallest absolute Gasteiger partial charge is 0.255 e. The van der Waals surface area contributed by atoms with Gasteiger partial charge >= 0.3 is 0 Å². The minimum Gasteiger partial charge on any atom is -0.457 e. The predicted octanol–water partition coefficient (Wildman–Crippen LogP) is 4.91. The van der Waals surface area contributed by atoms with Gasteiger partial charge in [0.25, 0.3) is 5.91 Å². The second kappa shape index (κ2) is 8.51. The fourth-order valence-corrected chi connectivity index (χ4v) is 5.46. The van der Waals surface area contributed by atoms with E-state index in [1.165, 1.54) is 4.90 Å². The van der Waals surface area contributed by atoms with Gasteiger partial charge < -0.3 is 10.1 Å². The van der Waals surface area contributed by atoms with Gasteiger partial charge in [-0.25, -0.2) is 0 Å². The van der Waals surface area contributed by atoms with Crippen molar-refractivity contribution >= 4 is 29.1 Å². The first-order valence-corrected chi connectivity index (χ1v) is 11.8. The monoisotopic (exact) mass is 475 g/mol. The molecule has 0 radical (unpaired) electrons. The number of fused-ring (bicyclic) bond motifs is 5. The maximum absolute atomic E-state index is 13.0. The molecule has 4 atom stereocenters. The Morgan fingerprint density at radius 1 is 0.833 bits per heavy atom. The molecule has 1 saturated carbocycles. The number of hydrogen-bond acceptors (Lipinski definition) is 5. The van der Waals surface area contributed by atoms with E-state index in [0.717, 1.165) is 6.42 Å². The number of nitrogens with one attached hydrogen (secondary N) is 1. The summed E-state index contributed by atoms with van der Waals surface area (Å²) >= 11 is 0. The first kappa shape index (κ1) is 21.8. The van der Waals surface area contributed by atoms with Crippen LogP contribution in [0.5, 0.6) is 11.5 Å². The van der Waals surface area contributed by atoms with Crippen LogP contribution in [-0.2, 0) is 9.59 Å². The number of carbonyl (C=O) groups is 3. The molecule has 7 heteroatoms. The molecule has 6 rings (SSSR count). The lowest BCUT2D eigenvalue weighted by Crippen LogP contribution is -2.32. The quantitative estimate of drug-likeness (QED) is 0.417. The molecule has 2 aliphatic carbocycles. The number of nitrogens with zero attached hydrogens (tertiary/aromatic N) is 2. The van der Waals surface area contributed by atoms with E-state index in [1.807, 2.05) is 0 Å². The number of anilines is 2. The highest BCUT2D eigenvalue weighted by atomic mass is 16.5. The number of amides is 3. The second-order valence-corrected chi connectivity index (χ2v) is 9.28. The number of hydrogen-bond donors (Lipinski definition) is 1. The molecule has 0 spiro atoms. The molecule has 0 aromatic heterocycles. The number of imide groups is 1. The average Bonchev–Trinajstić information content (AvgIpc) is 3.59. The first-order valence-electron chi connectivity index (χ1n) is 11.8. The largest absolute Gasteiger partial charge is 0.457 e. The minimum absolute atomic E-state index is 0.137. The van der Waals surface area contributed by atoms with Crippen molar-refractivity contribution in [3.8, 4) is 17.6 Å². The van der Waals surface area contributed by atoms with Crippen LogP contribution in [0.15, 0.2) is 84.9 Å². The molecule has 3 aromatic carbocycles. The molecule has 1 N–H and O–H groups in total. The van der Waals surface area contributed by atoms with E-state index in [1.54, 1.807) is 72.8 Å². The lowest BCUT2D eigenvalue weighted by molar-refractivity contribution is -0.123. The van der Waals surface area contributed by atoms with Gasteiger partial charge in [-0.15, -0.1) is 0 Å². The Labute approximate surface area is 207 Å². The number of nitriles is 1. The van der Waals surface area contributed by atoms with Crippen molar-refractivity contribution in [2.75, 3.05) is 10.2 Å². The van der Waals surface area contributed by atoms with Crippen LogP contribution in [0.3, 0.4) is 0 Å². The standard InChI is InChI=1S/C29H21N3O4/c30-16-17-1-11-23(12-2-17)36-24-13-7-21(8-14-24)31-27(33)18-5-9-22(10-6-18)32-28(34)25-19-3-4-20(15-19)26(25)29(32)35/h1-14,19-20,25-26H,15H2,(H,31,33)/t19-,20-,25+,26+/m0/s1. The summed E-state index contributed by atoms with van der Waals surface area (Å²) in [4.78, 5) is 40.0. The van der Waals surface area contributed by atoms with Crippen LogP contribution in [0.4, 0.5) is 11.4 Å². The molecule has 2 bridgehead atoms. The van der Waals surface area contributed by atoms with Crippen LogP contribution in [0.1, 0.15) is 22.3 Å². The van der Waals surface area contributed by atoms with Gasteiger partial charge in [-0.1, -0.05) is 12.2 Å². The third-order valence-corrected chi connectivity index (χ3v) is 7.19. The summed E-state index contributed by atoms with van der Waals surface area (Å²) in [6, 6.07) is 22.3. The van der Waals surface area contributed by atoms with Crippen LogP contribution in [0.2, 0.25) is 0 Å². The maximum atomic E-state index is 13.0. The van der Waals surface area contributed by atoms with Crippen molar-refractivity contribution in [2.24, 2.45) is 23.7 Å². The molecule has 176 valence electrons. The average molecular weight is 476 g/mol. The zero-order chi connectivity index (χ0) is 24.8. The zero-order valence-electron chi connectivity index (χ0n) is 19.1. The molecule has 1 aliphatic heterocycles. The van der Waals surface area contributed by atoms with E-state index in [2.05, 4.69) is 23.5 Å². The van der Waals surface area contributed by atoms with Crippen molar-refractivity contribution in [1.29, 1.82) is 5.26 Å². The van der Waals surface area contributed by atoms with Crippen LogP contribution in [0.25, 0.3) is 0 Å². The number of carbonyl (C=O) groups excluding carboxylic acids is 3. The van der Waals surface area contributed by atoms with E-state index >= 15 is 0 Å². The van der Waals surface area contributed by atoms with E-state index in [4.69, 9.17) is 10.00 Å². The maximum Gasteiger partial charge on any atom is 0.255 e. The molecule has 0 unspecified atom stereocenters. The Morgan fingerprint density at radius 2 is 1.39 bits per heavy atom. The van der Waals surface area contributed by atoms with Gasteiger partial charge in [0.05, 0.1) is 29.2 Å². The molecular formula is C29H21N3O4. The predicted molar refractivity (Wildman–Crippen MR) is 132 cm³/mol. The first-order chi connectivity index (χ1) is 17.5. The summed E-state index contributed by atoms with van der Waals surface area (Å²) in [6.45, 7) is 0. The Bertz CT molecular complexity index is 1410. The van der Waals surface area contributed by atoms with Crippen LogP contribution in [0, 0.1) is 35.0 Å². The van der Waals surface area contributed by atoms with Gasteiger partial charge in [0.2, 0.25) is 11.8 Å². The van der Waals surface area contributed by atoms with E-state index in [0.29, 0.717) is 34.0 Å². The van der Waals surface area contributed by atoms with Crippen molar-refractivity contribution in [3.05, 3.63) is 96.1 Å².